The number of nitrogens with two attached hydrogens (primary N) is 2. The van der Waals surface area contributed by atoms with Gasteiger partial charge in [0, 0.05) is 45.4 Å². The van der Waals surface area contributed by atoms with Crippen LogP contribution < -0.4 is 54.6 Å². The Bertz CT molecular complexity index is 1710. The molecule has 0 atom stereocenters. The van der Waals surface area contributed by atoms with Crippen LogP contribution in [0.15, 0.2) is 109 Å². The monoisotopic (exact) mass is 694 g/mol. The molecule has 0 saturated heterocycles. The quantitative estimate of drug-likeness (QED) is 0.263. The first-order valence-corrected chi connectivity index (χ1v) is 13.1. The number of pyridine rings is 2. The van der Waals surface area contributed by atoms with Crippen LogP contribution in [0.25, 0.3) is 32.9 Å². The molecule has 4 aromatic carbocycles. The summed E-state index contributed by atoms with van der Waals surface area (Å²) in [6, 6.07) is 32.8. The van der Waals surface area contributed by atoms with E-state index < -0.39 is 0 Å². The predicted molar refractivity (Wildman–Crippen MR) is 157 cm³/mol. The van der Waals surface area contributed by atoms with Crippen molar-refractivity contribution >= 4 is 56.4 Å². The fourth-order valence-corrected chi connectivity index (χ4v) is 5.35. The Labute approximate surface area is 264 Å². The lowest BCUT2D eigenvalue weighted by Crippen LogP contribution is -3.00. The van der Waals surface area contributed by atoms with E-state index in [0.717, 1.165) is 44.3 Å². The Morgan fingerprint density at radius 3 is 1.38 bits per heavy atom. The van der Waals surface area contributed by atoms with Crippen LogP contribution in [0.5, 0.6) is 0 Å². The maximum atomic E-state index is 6.30. The fourth-order valence-electron chi connectivity index (χ4n) is 5.02. The first kappa shape index (κ1) is 29.8. The van der Waals surface area contributed by atoms with Gasteiger partial charge in [0.15, 0.2) is 25.5 Å². The number of fused-ring (bicyclic) bond motifs is 2. The summed E-state index contributed by atoms with van der Waals surface area (Å²) in [5.74, 6) is 0. The van der Waals surface area contributed by atoms with Gasteiger partial charge in [0.25, 0.3) is 0 Å². The van der Waals surface area contributed by atoms with Crippen molar-refractivity contribution in [3.05, 3.63) is 131 Å². The molecule has 4 N–H and O–H groups in total. The van der Waals surface area contributed by atoms with Gasteiger partial charge in [-0.2, -0.15) is 9.13 Å². The molecule has 0 aliphatic carbocycles. The molecule has 0 radical (unpaired) electrons. The van der Waals surface area contributed by atoms with E-state index in [-0.39, 0.29) is 34.0 Å². The summed E-state index contributed by atoms with van der Waals surface area (Å²) >= 11 is 12.6. The lowest BCUT2D eigenvalue weighted by Gasteiger charge is -2.08. The van der Waals surface area contributed by atoms with Crippen LogP contribution in [0.2, 0.25) is 10.0 Å². The summed E-state index contributed by atoms with van der Waals surface area (Å²) in [6.45, 7) is 1.41. The summed E-state index contributed by atoms with van der Waals surface area (Å²) in [5.41, 5.74) is 20.6. The normalized spacial score (nSPS) is 10.8. The number of benzene rings is 4. The van der Waals surface area contributed by atoms with Crippen molar-refractivity contribution in [2.24, 2.45) is 0 Å². The lowest BCUT2D eigenvalue weighted by molar-refractivity contribution is -0.662. The Kier molecular flexibility index (Phi) is 9.37. The molecule has 0 unspecified atom stereocenters. The fraction of sp³-hybridized carbons (Fsp3) is 0.0625. The molecular weight excluding hydrogens is 671 g/mol. The van der Waals surface area contributed by atoms with Crippen LogP contribution in [0.3, 0.4) is 0 Å². The highest BCUT2D eigenvalue weighted by Gasteiger charge is 2.15. The molecule has 2 heterocycles. The van der Waals surface area contributed by atoms with Gasteiger partial charge in [-0.1, -0.05) is 59.6 Å². The smallest absolute Gasteiger partial charge is 0.216 e. The second-order valence-electron chi connectivity index (χ2n) is 9.52. The molecule has 0 bridgehead atoms. The number of hydrogen-bond donors (Lipinski definition) is 2. The number of aromatic nitrogens is 2. The Morgan fingerprint density at radius 1 is 0.525 bits per heavy atom. The van der Waals surface area contributed by atoms with Crippen LogP contribution in [0.1, 0.15) is 11.1 Å². The third-order valence-corrected chi connectivity index (χ3v) is 7.39. The highest BCUT2D eigenvalue weighted by atomic mass is 79.9. The van der Waals surface area contributed by atoms with Crippen LogP contribution in [-0.4, -0.2) is 0 Å². The minimum Gasteiger partial charge on any atom is -1.00 e. The highest BCUT2D eigenvalue weighted by Crippen LogP contribution is 2.25. The second-order valence-corrected chi connectivity index (χ2v) is 10.4. The number of hydrogen-bond acceptors (Lipinski definition) is 2. The van der Waals surface area contributed by atoms with Crippen molar-refractivity contribution in [1.82, 2.24) is 0 Å². The molecule has 0 fully saturated rings. The third-order valence-electron chi connectivity index (χ3n) is 6.92. The van der Waals surface area contributed by atoms with Gasteiger partial charge in [-0.3, -0.25) is 0 Å². The summed E-state index contributed by atoms with van der Waals surface area (Å²) in [6.07, 6.45) is 4.03. The summed E-state index contributed by atoms with van der Waals surface area (Å²) < 4.78 is 4.36. The van der Waals surface area contributed by atoms with E-state index in [1.54, 1.807) is 0 Å². The number of nitrogen functional groups attached to an aromatic ring is 2. The summed E-state index contributed by atoms with van der Waals surface area (Å²) in [5, 5.41) is 3.37. The van der Waals surface area contributed by atoms with E-state index in [1.807, 2.05) is 60.9 Å². The average molecular weight is 697 g/mol. The van der Waals surface area contributed by atoms with Crippen LogP contribution in [-0.2, 0) is 13.1 Å². The molecule has 0 spiro atoms. The molecule has 202 valence electrons. The van der Waals surface area contributed by atoms with Gasteiger partial charge in [-0.15, -0.1) is 0 Å². The molecule has 0 aliphatic rings. The molecule has 2 aromatic heterocycles. The van der Waals surface area contributed by atoms with Crippen LogP contribution >= 0.6 is 23.2 Å². The van der Waals surface area contributed by atoms with Gasteiger partial charge < -0.3 is 45.4 Å². The summed E-state index contributed by atoms with van der Waals surface area (Å²) in [7, 11) is 0. The van der Waals surface area contributed by atoms with Gasteiger partial charge in [0.2, 0.25) is 11.0 Å². The Balaban J connectivity index is 0.00000185. The maximum absolute atomic E-state index is 6.30. The zero-order chi connectivity index (χ0) is 26.2. The summed E-state index contributed by atoms with van der Waals surface area (Å²) in [4.78, 5) is 0. The number of anilines is 2. The molecule has 6 aromatic rings. The zero-order valence-corrected chi connectivity index (χ0v) is 26.1. The van der Waals surface area contributed by atoms with Gasteiger partial charge in [-0.05, 0) is 47.5 Å². The van der Waals surface area contributed by atoms with Crippen LogP contribution in [0, 0.1) is 0 Å². The predicted octanol–water partition coefficient (Wildman–Crippen LogP) is 0.811. The molecular formula is C32H26Br2Cl2N4. The second kappa shape index (κ2) is 12.6. The largest absolute Gasteiger partial charge is 1.00 e. The Hall–Kier alpha value is -3.16. The molecule has 40 heavy (non-hydrogen) atoms. The first-order valence-electron chi connectivity index (χ1n) is 12.4. The minimum absolute atomic E-state index is 0. The molecule has 0 aliphatic heterocycles. The van der Waals surface area contributed by atoms with Crippen molar-refractivity contribution in [3.8, 4) is 11.1 Å². The molecule has 8 heteroatoms. The highest BCUT2D eigenvalue weighted by molar-refractivity contribution is 6.31. The average Bonchev–Trinajstić information content (AvgIpc) is 2.92. The number of halogens is 4. The topological polar surface area (TPSA) is 59.8 Å². The van der Waals surface area contributed by atoms with E-state index in [9.17, 15) is 0 Å². The Morgan fingerprint density at radius 2 is 0.950 bits per heavy atom. The lowest BCUT2D eigenvalue weighted by atomic mass is 10.0. The van der Waals surface area contributed by atoms with Crippen LogP contribution in [0.4, 0.5) is 11.4 Å². The van der Waals surface area contributed by atoms with Crippen molar-refractivity contribution in [2.75, 3.05) is 11.5 Å². The molecule has 0 amide bonds. The number of nitrogens with zero attached hydrogens (tertiary/aromatic N) is 2. The van der Waals surface area contributed by atoms with E-state index in [1.165, 1.54) is 11.1 Å². The van der Waals surface area contributed by atoms with Gasteiger partial charge >= 0.3 is 0 Å². The first-order chi connectivity index (χ1) is 18.4. The molecule has 6 rings (SSSR count). The van der Waals surface area contributed by atoms with E-state index in [2.05, 4.69) is 57.7 Å². The molecule has 4 nitrogen and oxygen atoms in total. The van der Waals surface area contributed by atoms with Crippen molar-refractivity contribution in [1.29, 1.82) is 0 Å². The van der Waals surface area contributed by atoms with Crippen molar-refractivity contribution in [2.45, 2.75) is 13.1 Å². The van der Waals surface area contributed by atoms with Gasteiger partial charge in [0.1, 0.15) is 0 Å². The van der Waals surface area contributed by atoms with E-state index >= 15 is 0 Å². The van der Waals surface area contributed by atoms with E-state index in [0.29, 0.717) is 23.1 Å². The zero-order valence-electron chi connectivity index (χ0n) is 21.4. The minimum atomic E-state index is 0. The van der Waals surface area contributed by atoms with Crippen molar-refractivity contribution in [3.63, 3.8) is 0 Å². The third kappa shape index (κ3) is 6.11. The van der Waals surface area contributed by atoms with E-state index in [4.69, 9.17) is 34.7 Å². The molecule has 0 saturated carbocycles. The SMILES string of the molecule is Nc1cc[n+](Cc2cccc(-c3cccc(C[n+]4ccc(N)c5ccc(Cl)cc54)c3)c2)c2cc(Cl)ccc12.[Br-].[Br-]. The van der Waals surface area contributed by atoms with Gasteiger partial charge in [-0.25, -0.2) is 0 Å². The van der Waals surface area contributed by atoms with Gasteiger partial charge in [0.05, 0.1) is 22.1 Å². The maximum Gasteiger partial charge on any atom is 0.216 e. The number of rotatable bonds is 5. The van der Waals surface area contributed by atoms with Crippen molar-refractivity contribution < 1.29 is 43.1 Å². The standard InChI is InChI=1S/C32H24Cl2N4.2BrH/c33-25-7-9-27-29(35)11-13-37(31(27)17-25)19-21-3-1-5-23(15-21)24-6-2-4-22(16-24)20-38-14-12-30(36)28-10-8-26(34)18-32(28)38;;/h1-18,35-36H,19-20H2;2*1H.